The van der Waals surface area contributed by atoms with Crippen molar-refractivity contribution >= 4 is 12.0 Å². The molecular formula is C11H20N2O3. The average Bonchev–Trinajstić information content (AvgIpc) is 2.25. The molecule has 0 bridgehead atoms. The van der Waals surface area contributed by atoms with E-state index in [0.717, 1.165) is 25.8 Å². The van der Waals surface area contributed by atoms with Crippen LogP contribution in [0.2, 0.25) is 0 Å². The van der Waals surface area contributed by atoms with Crippen molar-refractivity contribution in [2.45, 2.75) is 51.6 Å². The lowest BCUT2D eigenvalue weighted by Crippen LogP contribution is -2.52. The number of carboxylic acid groups (broad SMARTS) is 1. The van der Waals surface area contributed by atoms with Crippen molar-refractivity contribution in [1.29, 1.82) is 0 Å². The first-order chi connectivity index (χ1) is 7.56. The van der Waals surface area contributed by atoms with Crippen LogP contribution in [-0.4, -0.2) is 40.6 Å². The number of carboxylic acids is 1. The number of carbonyl (C=O) groups excluding carboxylic acids is 1. The molecule has 0 radical (unpaired) electrons. The molecule has 0 aromatic carbocycles. The number of rotatable bonds is 3. The van der Waals surface area contributed by atoms with Gasteiger partial charge in [0.25, 0.3) is 0 Å². The van der Waals surface area contributed by atoms with Gasteiger partial charge in [-0.25, -0.2) is 9.59 Å². The summed E-state index contributed by atoms with van der Waals surface area (Å²) in [5.74, 6) is -0.972. The van der Waals surface area contributed by atoms with E-state index in [1.807, 2.05) is 6.92 Å². The van der Waals surface area contributed by atoms with Crippen LogP contribution >= 0.6 is 0 Å². The lowest BCUT2D eigenvalue weighted by atomic mass is 10.0. The van der Waals surface area contributed by atoms with E-state index in [4.69, 9.17) is 5.11 Å². The number of aliphatic carboxylic acids is 1. The second kappa shape index (κ2) is 5.72. The smallest absolute Gasteiger partial charge is 0.326 e. The van der Waals surface area contributed by atoms with Crippen LogP contribution in [0.1, 0.15) is 39.5 Å². The molecule has 0 aliphatic carbocycles. The Hall–Kier alpha value is -1.26. The highest BCUT2D eigenvalue weighted by Gasteiger charge is 2.26. The minimum atomic E-state index is -0.972. The van der Waals surface area contributed by atoms with E-state index in [9.17, 15) is 9.59 Å². The molecule has 0 aromatic heterocycles. The highest BCUT2D eigenvalue weighted by Crippen LogP contribution is 2.16. The molecule has 92 valence electrons. The molecule has 5 heteroatoms. The fourth-order valence-corrected chi connectivity index (χ4v) is 1.97. The summed E-state index contributed by atoms with van der Waals surface area (Å²) in [5.41, 5.74) is 0. The molecule has 1 fully saturated rings. The van der Waals surface area contributed by atoms with Crippen molar-refractivity contribution in [2.75, 3.05) is 6.54 Å². The number of nitrogens with one attached hydrogen (secondary N) is 1. The predicted octanol–water partition coefficient (Wildman–Crippen LogP) is 1.43. The first-order valence-electron chi connectivity index (χ1n) is 5.86. The van der Waals surface area contributed by atoms with E-state index in [1.165, 1.54) is 0 Å². The normalized spacial score (nSPS) is 22.6. The molecule has 0 spiro atoms. The molecular weight excluding hydrogens is 208 g/mol. The molecule has 2 atom stereocenters. The second-order valence-corrected chi connectivity index (χ2v) is 4.29. The molecule has 1 heterocycles. The van der Waals surface area contributed by atoms with Crippen LogP contribution in [0.4, 0.5) is 4.79 Å². The number of urea groups is 1. The number of piperidine rings is 1. The average molecular weight is 228 g/mol. The Bertz CT molecular complexity index is 268. The monoisotopic (exact) mass is 228 g/mol. The molecule has 5 nitrogen and oxygen atoms in total. The van der Waals surface area contributed by atoms with Gasteiger partial charge in [-0.1, -0.05) is 6.92 Å². The quantitative estimate of drug-likeness (QED) is 0.767. The SMILES string of the molecule is CCC(NC(=O)N1CCCCC1C)C(=O)O. The maximum atomic E-state index is 11.8. The van der Waals surface area contributed by atoms with Gasteiger partial charge in [-0.2, -0.15) is 0 Å². The molecule has 1 rings (SSSR count). The van der Waals surface area contributed by atoms with Gasteiger partial charge in [0, 0.05) is 12.6 Å². The first-order valence-corrected chi connectivity index (χ1v) is 5.86. The van der Waals surface area contributed by atoms with Crippen molar-refractivity contribution in [3.05, 3.63) is 0 Å². The number of carbonyl (C=O) groups is 2. The number of amides is 2. The van der Waals surface area contributed by atoms with Gasteiger partial charge in [0.15, 0.2) is 0 Å². The van der Waals surface area contributed by atoms with E-state index < -0.39 is 12.0 Å². The Morgan fingerprint density at radius 2 is 2.19 bits per heavy atom. The van der Waals surface area contributed by atoms with Crippen molar-refractivity contribution in [1.82, 2.24) is 10.2 Å². The van der Waals surface area contributed by atoms with Crippen molar-refractivity contribution in [3.63, 3.8) is 0 Å². The zero-order valence-electron chi connectivity index (χ0n) is 9.90. The largest absolute Gasteiger partial charge is 0.480 e. The van der Waals surface area contributed by atoms with Crippen LogP contribution in [0.5, 0.6) is 0 Å². The molecule has 1 aliphatic heterocycles. The Kier molecular flexibility index (Phi) is 4.58. The van der Waals surface area contributed by atoms with Gasteiger partial charge < -0.3 is 15.3 Å². The lowest BCUT2D eigenvalue weighted by Gasteiger charge is -2.34. The van der Waals surface area contributed by atoms with E-state index in [-0.39, 0.29) is 12.1 Å². The maximum absolute atomic E-state index is 11.8. The summed E-state index contributed by atoms with van der Waals surface area (Å²) in [7, 11) is 0. The van der Waals surface area contributed by atoms with Crippen LogP contribution in [0, 0.1) is 0 Å². The van der Waals surface area contributed by atoms with Crippen LogP contribution in [0.15, 0.2) is 0 Å². The van der Waals surface area contributed by atoms with Gasteiger partial charge in [-0.15, -0.1) is 0 Å². The van der Waals surface area contributed by atoms with Crippen molar-refractivity contribution in [3.8, 4) is 0 Å². The Balaban J connectivity index is 2.52. The topological polar surface area (TPSA) is 69.6 Å². The third-order valence-corrected chi connectivity index (χ3v) is 3.07. The van der Waals surface area contributed by atoms with E-state index in [1.54, 1.807) is 11.8 Å². The minimum absolute atomic E-state index is 0.208. The summed E-state index contributed by atoms with van der Waals surface area (Å²) < 4.78 is 0. The molecule has 16 heavy (non-hydrogen) atoms. The van der Waals surface area contributed by atoms with Gasteiger partial charge in [0.2, 0.25) is 0 Å². The van der Waals surface area contributed by atoms with Crippen LogP contribution in [-0.2, 0) is 4.79 Å². The number of nitrogens with zero attached hydrogens (tertiary/aromatic N) is 1. The molecule has 0 saturated carbocycles. The Labute approximate surface area is 95.8 Å². The molecule has 0 aromatic rings. The van der Waals surface area contributed by atoms with E-state index in [2.05, 4.69) is 5.32 Å². The highest BCUT2D eigenvalue weighted by atomic mass is 16.4. The van der Waals surface area contributed by atoms with E-state index in [0.29, 0.717) is 6.42 Å². The Morgan fingerprint density at radius 3 is 2.69 bits per heavy atom. The van der Waals surface area contributed by atoms with E-state index >= 15 is 0 Å². The predicted molar refractivity (Wildman–Crippen MR) is 60.3 cm³/mol. The zero-order valence-corrected chi connectivity index (χ0v) is 9.90. The maximum Gasteiger partial charge on any atom is 0.326 e. The zero-order chi connectivity index (χ0) is 12.1. The van der Waals surface area contributed by atoms with Crippen molar-refractivity contribution < 1.29 is 14.7 Å². The highest BCUT2D eigenvalue weighted by molar-refractivity contribution is 5.82. The number of likely N-dealkylation sites (tertiary alicyclic amines) is 1. The summed E-state index contributed by atoms with van der Waals surface area (Å²) in [5, 5.41) is 11.4. The summed E-state index contributed by atoms with van der Waals surface area (Å²) in [6.45, 7) is 4.47. The van der Waals surface area contributed by atoms with Crippen LogP contribution in [0.3, 0.4) is 0 Å². The molecule has 2 amide bonds. The van der Waals surface area contributed by atoms with Gasteiger partial charge in [-0.05, 0) is 32.6 Å². The Morgan fingerprint density at radius 1 is 1.50 bits per heavy atom. The molecule has 1 saturated heterocycles. The summed E-state index contributed by atoms with van der Waals surface area (Å²) >= 11 is 0. The van der Waals surface area contributed by atoms with Gasteiger partial charge in [0.1, 0.15) is 6.04 Å². The third kappa shape index (κ3) is 3.12. The lowest BCUT2D eigenvalue weighted by molar-refractivity contribution is -0.139. The summed E-state index contributed by atoms with van der Waals surface area (Å²) in [6, 6.07) is -0.817. The summed E-state index contributed by atoms with van der Waals surface area (Å²) in [6.07, 6.45) is 3.54. The molecule has 1 aliphatic rings. The number of hydrogen-bond donors (Lipinski definition) is 2. The molecule has 2 N–H and O–H groups in total. The second-order valence-electron chi connectivity index (χ2n) is 4.29. The fourth-order valence-electron chi connectivity index (χ4n) is 1.97. The van der Waals surface area contributed by atoms with Crippen LogP contribution < -0.4 is 5.32 Å². The summed E-state index contributed by atoms with van der Waals surface area (Å²) in [4.78, 5) is 24.4. The van der Waals surface area contributed by atoms with Gasteiger partial charge in [0.05, 0.1) is 0 Å². The fraction of sp³-hybridized carbons (Fsp3) is 0.818. The van der Waals surface area contributed by atoms with Crippen molar-refractivity contribution in [2.24, 2.45) is 0 Å². The van der Waals surface area contributed by atoms with Gasteiger partial charge in [-0.3, -0.25) is 0 Å². The third-order valence-electron chi connectivity index (χ3n) is 3.07. The minimum Gasteiger partial charge on any atom is -0.480 e. The van der Waals surface area contributed by atoms with Crippen LogP contribution in [0.25, 0.3) is 0 Å². The molecule has 2 unspecified atom stereocenters. The first kappa shape index (κ1) is 12.8. The number of hydrogen-bond acceptors (Lipinski definition) is 2. The standard InChI is InChI=1S/C11H20N2O3/c1-3-9(10(14)15)12-11(16)13-7-5-4-6-8(13)2/h8-9H,3-7H2,1-2H3,(H,12,16)(H,14,15). The van der Waals surface area contributed by atoms with Gasteiger partial charge >= 0.3 is 12.0 Å².